The monoisotopic (exact) mass is 295 g/mol. The van der Waals surface area contributed by atoms with Gasteiger partial charge in [0.25, 0.3) is 5.56 Å². The van der Waals surface area contributed by atoms with E-state index >= 15 is 0 Å². The van der Waals surface area contributed by atoms with E-state index in [-0.39, 0.29) is 34.1 Å². The van der Waals surface area contributed by atoms with E-state index in [1.54, 1.807) is 6.92 Å². The topological polar surface area (TPSA) is 125 Å². The number of nitrogen functional groups attached to an aromatic ring is 1. The number of anilines is 1. The summed E-state index contributed by atoms with van der Waals surface area (Å²) in [7, 11) is 0. The van der Waals surface area contributed by atoms with Gasteiger partial charge in [0, 0.05) is 6.07 Å². The summed E-state index contributed by atoms with van der Waals surface area (Å²) in [6.07, 6.45) is 0. The molecular formula is C12H17N5O2S. The average molecular weight is 295 g/mol. The summed E-state index contributed by atoms with van der Waals surface area (Å²) >= 11 is 1.05. The van der Waals surface area contributed by atoms with Crippen LogP contribution in [0, 0.1) is 17.2 Å². The normalized spacial score (nSPS) is 13.6. The second-order valence-electron chi connectivity index (χ2n) is 4.78. The van der Waals surface area contributed by atoms with Crippen LogP contribution in [0.25, 0.3) is 0 Å². The standard InChI is InChI=1S/C12H17N5O2S/c1-7(2)12(3,6-13)17-10(19)5-20-11-15-8(14)4-9(18)16-11/h4,7H,5H2,1-3H3,(H,17,19)(H3,14,15,16,18)/t12-/m0/s1. The Balaban J connectivity index is 2.64. The van der Waals surface area contributed by atoms with E-state index in [4.69, 9.17) is 11.0 Å². The number of nitrogens with one attached hydrogen (secondary N) is 2. The number of thioether (sulfide) groups is 1. The largest absolute Gasteiger partial charge is 0.383 e. The summed E-state index contributed by atoms with van der Waals surface area (Å²) in [5.41, 5.74) is 4.15. The Hall–Kier alpha value is -2.01. The highest BCUT2D eigenvalue weighted by Crippen LogP contribution is 2.16. The molecule has 0 spiro atoms. The maximum atomic E-state index is 11.8. The van der Waals surface area contributed by atoms with Crippen molar-refractivity contribution in [3.05, 3.63) is 16.4 Å². The summed E-state index contributed by atoms with van der Waals surface area (Å²) in [6.45, 7) is 5.38. The highest BCUT2D eigenvalue weighted by Gasteiger charge is 2.29. The van der Waals surface area contributed by atoms with Crippen LogP contribution in [0.5, 0.6) is 0 Å². The van der Waals surface area contributed by atoms with E-state index in [9.17, 15) is 9.59 Å². The minimum atomic E-state index is -0.922. The Labute approximate surface area is 121 Å². The van der Waals surface area contributed by atoms with Crippen molar-refractivity contribution in [1.29, 1.82) is 5.26 Å². The maximum absolute atomic E-state index is 11.8. The van der Waals surface area contributed by atoms with Crippen molar-refractivity contribution in [2.75, 3.05) is 11.5 Å². The Morgan fingerprint density at radius 1 is 1.70 bits per heavy atom. The Morgan fingerprint density at radius 3 is 2.85 bits per heavy atom. The highest BCUT2D eigenvalue weighted by molar-refractivity contribution is 7.99. The van der Waals surface area contributed by atoms with E-state index in [2.05, 4.69) is 21.4 Å². The zero-order valence-electron chi connectivity index (χ0n) is 11.6. The van der Waals surface area contributed by atoms with Gasteiger partial charge in [-0.1, -0.05) is 25.6 Å². The van der Waals surface area contributed by atoms with Crippen molar-refractivity contribution in [3.63, 3.8) is 0 Å². The minimum absolute atomic E-state index is 0.0215. The molecule has 1 amide bonds. The number of nitrogens with zero attached hydrogens (tertiary/aromatic N) is 2. The first-order valence-corrected chi connectivity index (χ1v) is 6.97. The zero-order chi connectivity index (χ0) is 15.3. The molecule has 20 heavy (non-hydrogen) atoms. The molecule has 1 aromatic heterocycles. The molecule has 7 nitrogen and oxygen atoms in total. The van der Waals surface area contributed by atoms with Gasteiger partial charge in [-0.2, -0.15) is 5.26 Å². The molecule has 0 aliphatic heterocycles. The van der Waals surface area contributed by atoms with Crippen molar-refractivity contribution in [2.24, 2.45) is 5.92 Å². The molecule has 1 heterocycles. The molecule has 1 atom stereocenters. The second kappa shape index (κ2) is 6.43. The second-order valence-corrected chi connectivity index (χ2v) is 5.75. The van der Waals surface area contributed by atoms with Gasteiger partial charge >= 0.3 is 0 Å². The van der Waals surface area contributed by atoms with Crippen LogP contribution in [0.3, 0.4) is 0 Å². The number of hydrogen-bond acceptors (Lipinski definition) is 6. The molecule has 0 aliphatic carbocycles. The van der Waals surface area contributed by atoms with Crippen LogP contribution >= 0.6 is 11.8 Å². The van der Waals surface area contributed by atoms with Gasteiger partial charge in [-0.15, -0.1) is 0 Å². The smallest absolute Gasteiger partial charge is 0.253 e. The molecule has 0 aliphatic rings. The molecule has 1 rings (SSSR count). The predicted octanol–water partition coefficient (Wildman–Crippen LogP) is 0.499. The molecule has 0 aromatic carbocycles. The van der Waals surface area contributed by atoms with Gasteiger partial charge in [0.15, 0.2) is 5.16 Å². The van der Waals surface area contributed by atoms with Gasteiger partial charge in [-0.05, 0) is 12.8 Å². The Bertz CT molecular complexity index is 592. The van der Waals surface area contributed by atoms with Gasteiger partial charge in [-0.3, -0.25) is 9.59 Å². The lowest BCUT2D eigenvalue weighted by molar-refractivity contribution is -0.120. The third kappa shape index (κ3) is 4.28. The van der Waals surface area contributed by atoms with Gasteiger partial charge in [0.1, 0.15) is 11.4 Å². The third-order valence-corrected chi connectivity index (χ3v) is 3.74. The fraction of sp³-hybridized carbons (Fsp3) is 0.500. The fourth-order valence-electron chi connectivity index (χ4n) is 1.28. The van der Waals surface area contributed by atoms with Crippen molar-refractivity contribution in [1.82, 2.24) is 15.3 Å². The predicted molar refractivity (Wildman–Crippen MR) is 77.0 cm³/mol. The van der Waals surface area contributed by atoms with Crippen LogP contribution in [0.4, 0.5) is 5.82 Å². The molecule has 0 radical (unpaired) electrons. The Kier molecular flexibility index (Phi) is 5.16. The number of amides is 1. The van der Waals surface area contributed by atoms with Crippen molar-refractivity contribution >= 4 is 23.5 Å². The highest BCUT2D eigenvalue weighted by atomic mass is 32.2. The van der Waals surface area contributed by atoms with Crippen LogP contribution < -0.4 is 16.6 Å². The van der Waals surface area contributed by atoms with E-state index in [1.807, 2.05) is 13.8 Å². The van der Waals surface area contributed by atoms with Crippen LogP contribution in [0.1, 0.15) is 20.8 Å². The van der Waals surface area contributed by atoms with Crippen LogP contribution in [0.15, 0.2) is 16.0 Å². The molecule has 0 fully saturated rings. The lowest BCUT2D eigenvalue weighted by atomic mass is 9.90. The van der Waals surface area contributed by atoms with E-state index in [0.717, 1.165) is 17.8 Å². The molecule has 0 saturated heterocycles. The number of carbonyl (C=O) groups is 1. The lowest BCUT2D eigenvalue weighted by Crippen LogP contribution is -2.49. The number of rotatable bonds is 5. The summed E-state index contributed by atoms with van der Waals surface area (Å²) in [6, 6.07) is 3.25. The van der Waals surface area contributed by atoms with Crippen LogP contribution in [-0.2, 0) is 4.79 Å². The third-order valence-electron chi connectivity index (χ3n) is 2.87. The molecule has 1 aromatic rings. The van der Waals surface area contributed by atoms with Crippen molar-refractivity contribution < 1.29 is 4.79 Å². The first kappa shape index (κ1) is 16.0. The number of nitriles is 1. The number of hydrogen-bond donors (Lipinski definition) is 3. The van der Waals surface area contributed by atoms with Gasteiger partial charge in [0.2, 0.25) is 5.91 Å². The lowest BCUT2D eigenvalue weighted by Gasteiger charge is -2.27. The van der Waals surface area contributed by atoms with Gasteiger partial charge < -0.3 is 16.0 Å². The molecular weight excluding hydrogens is 278 g/mol. The fourth-order valence-corrected chi connectivity index (χ4v) is 1.97. The summed E-state index contributed by atoms with van der Waals surface area (Å²) < 4.78 is 0. The molecule has 4 N–H and O–H groups in total. The maximum Gasteiger partial charge on any atom is 0.253 e. The molecule has 108 valence electrons. The van der Waals surface area contributed by atoms with Gasteiger partial charge in [0.05, 0.1) is 11.8 Å². The summed E-state index contributed by atoms with van der Waals surface area (Å²) in [5.74, 6) is -0.193. The van der Waals surface area contributed by atoms with E-state index in [1.165, 1.54) is 0 Å². The Morgan fingerprint density at radius 2 is 2.35 bits per heavy atom. The van der Waals surface area contributed by atoms with Crippen molar-refractivity contribution in [2.45, 2.75) is 31.5 Å². The first-order chi connectivity index (χ1) is 9.26. The minimum Gasteiger partial charge on any atom is -0.383 e. The zero-order valence-corrected chi connectivity index (χ0v) is 12.4. The van der Waals surface area contributed by atoms with Gasteiger partial charge in [-0.25, -0.2) is 4.98 Å². The molecule has 0 saturated carbocycles. The number of carbonyl (C=O) groups excluding carboxylic acids is 1. The van der Waals surface area contributed by atoms with Crippen molar-refractivity contribution in [3.8, 4) is 6.07 Å². The van der Waals surface area contributed by atoms with E-state index < -0.39 is 5.54 Å². The number of aromatic amines is 1. The number of nitrogens with two attached hydrogens (primary N) is 1. The molecule has 0 unspecified atom stereocenters. The summed E-state index contributed by atoms with van der Waals surface area (Å²) in [4.78, 5) is 29.4. The van der Waals surface area contributed by atoms with E-state index in [0.29, 0.717) is 0 Å². The number of H-pyrrole nitrogens is 1. The molecule has 0 bridgehead atoms. The first-order valence-electron chi connectivity index (χ1n) is 5.98. The molecule has 8 heteroatoms. The average Bonchev–Trinajstić information content (AvgIpc) is 2.35. The summed E-state index contributed by atoms with van der Waals surface area (Å²) in [5, 5.41) is 12.1. The quantitative estimate of drug-likeness (QED) is 0.536. The van der Waals surface area contributed by atoms with Crippen LogP contribution in [-0.4, -0.2) is 27.2 Å². The number of aromatic nitrogens is 2. The van der Waals surface area contributed by atoms with Crippen LogP contribution in [0.2, 0.25) is 0 Å². The SMILES string of the molecule is CC(C)[C@](C)(C#N)NC(=O)CSc1nc(N)cc(=O)[nH]1.